The van der Waals surface area contributed by atoms with Gasteiger partial charge in [-0.25, -0.2) is 9.18 Å². The van der Waals surface area contributed by atoms with Crippen LogP contribution in [0.25, 0.3) is 0 Å². The van der Waals surface area contributed by atoms with Gasteiger partial charge in [-0.2, -0.15) is 0 Å². The van der Waals surface area contributed by atoms with Gasteiger partial charge in [0.05, 0.1) is 0 Å². The molecule has 6 heteroatoms. The molecule has 2 amide bonds. The lowest BCUT2D eigenvalue weighted by Gasteiger charge is -2.19. The Balaban J connectivity index is 1.54. The first kappa shape index (κ1) is 16.3. The molecule has 3 N–H and O–H groups in total. The van der Waals surface area contributed by atoms with Crippen LogP contribution in [-0.2, 0) is 5.41 Å². The van der Waals surface area contributed by atoms with Gasteiger partial charge in [-0.15, -0.1) is 0 Å². The van der Waals surface area contributed by atoms with Gasteiger partial charge in [0.25, 0.3) is 0 Å². The number of nitrogens with one attached hydrogen (secondary N) is 2. The van der Waals surface area contributed by atoms with Crippen molar-refractivity contribution in [2.24, 2.45) is 5.92 Å². The Kier molecular flexibility index (Phi) is 4.60. The molecule has 0 aliphatic heterocycles. The maximum atomic E-state index is 13.2. The molecule has 2 aliphatic rings. The van der Waals surface area contributed by atoms with Crippen molar-refractivity contribution < 1.29 is 14.3 Å². The molecule has 0 saturated heterocycles. The van der Waals surface area contributed by atoms with Crippen LogP contribution in [-0.4, -0.2) is 30.3 Å². The standard InChI is InChI=1S/C17H20ClFN2O2/c18-15-8-12(19)2-4-14(15)17(5-6-17)10-20-16(23)21-13-3-1-11(7-13)9-22/h1-4,8,11,13,22H,5-7,9-10H2,(H2,20,21,23)/t11-,13+/m0/s1. The molecule has 1 aromatic rings. The van der Waals surface area contributed by atoms with Crippen molar-refractivity contribution in [1.82, 2.24) is 10.6 Å². The van der Waals surface area contributed by atoms with Crippen LogP contribution >= 0.6 is 11.6 Å². The fourth-order valence-electron chi connectivity index (χ4n) is 3.10. The maximum Gasteiger partial charge on any atom is 0.315 e. The number of amides is 2. The molecule has 0 unspecified atom stereocenters. The summed E-state index contributed by atoms with van der Waals surface area (Å²) in [4.78, 5) is 12.0. The quantitative estimate of drug-likeness (QED) is 0.723. The Morgan fingerprint density at radius 3 is 2.78 bits per heavy atom. The number of carbonyl (C=O) groups excluding carboxylic acids is 1. The molecular weight excluding hydrogens is 319 g/mol. The van der Waals surface area contributed by atoms with Crippen molar-refractivity contribution in [3.05, 3.63) is 46.8 Å². The van der Waals surface area contributed by atoms with E-state index in [-0.39, 0.29) is 35.8 Å². The summed E-state index contributed by atoms with van der Waals surface area (Å²) in [7, 11) is 0. The van der Waals surface area contributed by atoms with Crippen molar-refractivity contribution in [2.45, 2.75) is 30.7 Å². The number of urea groups is 1. The largest absolute Gasteiger partial charge is 0.396 e. The third-order valence-corrected chi connectivity index (χ3v) is 4.98. The lowest BCUT2D eigenvalue weighted by molar-refractivity contribution is 0.230. The number of aliphatic hydroxyl groups is 1. The first-order valence-electron chi connectivity index (χ1n) is 7.81. The molecule has 0 bridgehead atoms. The minimum absolute atomic E-state index is 0.0447. The van der Waals surface area contributed by atoms with Crippen LogP contribution in [0.4, 0.5) is 9.18 Å². The van der Waals surface area contributed by atoms with Crippen molar-refractivity contribution >= 4 is 17.6 Å². The van der Waals surface area contributed by atoms with Crippen LogP contribution in [0.1, 0.15) is 24.8 Å². The molecule has 0 spiro atoms. The molecule has 0 aromatic heterocycles. The van der Waals surface area contributed by atoms with Gasteiger partial charge in [-0.3, -0.25) is 0 Å². The van der Waals surface area contributed by atoms with Crippen LogP contribution < -0.4 is 10.6 Å². The number of hydrogen-bond donors (Lipinski definition) is 3. The summed E-state index contributed by atoms with van der Waals surface area (Å²) in [6.07, 6.45) is 6.40. The highest BCUT2D eigenvalue weighted by Gasteiger charge is 2.45. The first-order chi connectivity index (χ1) is 11.0. The molecule has 124 valence electrons. The van der Waals surface area contributed by atoms with E-state index in [2.05, 4.69) is 10.6 Å². The number of hydrogen-bond acceptors (Lipinski definition) is 2. The van der Waals surface area contributed by atoms with Gasteiger partial charge in [0.15, 0.2) is 0 Å². The zero-order valence-electron chi connectivity index (χ0n) is 12.7. The molecule has 4 nitrogen and oxygen atoms in total. The SMILES string of the molecule is O=C(NCC1(c2ccc(F)cc2Cl)CC1)N[C@@H]1C=C[C@H](CO)C1. The van der Waals surface area contributed by atoms with Crippen LogP contribution in [0.5, 0.6) is 0 Å². The first-order valence-corrected chi connectivity index (χ1v) is 8.19. The molecule has 0 heterocycles. The van der Waals surface area contributed by atoms with Gasteiger partial charge in [-0.1, -0.05) is 29.8 Å². The fourth-order valence-corrected chi connectivity index (χ4v) is 3.47. The van der Waals surface area contributed by atoms with Crippen molar-refractivity contribution in [3.8, 4) is 0 Å². The highest BCUT2D eigenvalue weighted by molar-refractivity contribution is 6.31. The minimum Gasteiger partial charge on any atom is -0.396 e. The smallest absolute Gasteiger partial charge is 0.315 e. The van der Waals surface area contributed by atoms with E-state index in [1.54, 1.807) is 6.07 Å². The average Bonchev–Trinajstić information content (AvgIpc) is 3.16. The van der Waals surface area contributed by atoms with Gasteiger partial charge in [-0.05, 0) is 37.0 Å². The Labute approximate surface area is 139 Å². The van der Waals surface area contributed by atoms with Crippen molar-refractivity contribution in [1.29, 1.82) is 0 Å². The summed E-state index contributed by atoms with van der Waals surface area (Å²) in [5.74, 6) is -0.236. The summed E-state index contributed by atoms with van der Waals surface area (Å²) < 4.78 is 13.2. The van der Waals surface area contributed by atoms with E-state index >= 15 is 0 Å². The topological polar surface area (TPSA) is 61.4 Å². The Morgan fingerprint density at radius 2 is 2.17 bits per heavy atom. The lowest BCUT2D eigenvalue weighted by atomic mass is 9.96. The Bertz CT molecular complexity index is 631. The molecule has 23 heavy (non-hydrogen) atoms. The third-order valence-electron chi connectivity index (χ3n) is 4.67. The zero-order chi connectivity index (χ0) is 16.4. The summed E-state index contributed by atoms with van der Waals surface area (Å²) in [6, 6.07) is 4.14. The molecule has 1 fully saturated rings. The van der Waals surface area contributed by atoms with E-state index in [4.69, 9.17) is 16.7 Å². The normalized spacial score (nSPS) is 24.5. The second-order valence-corrected chi connectivity index (χ2v) is 6.81. The summed E-state index contributed by atoms with van der Waals surface area (Å²) >= 11 is 6.14. The van der Waals surface area contributed by atoms with Gasteiger partial charge in [0.1, 0.15) is 5.82 Å². The van der Waals surface area contributed by atoms with Crippen LogP contribution in [0.2, 0.25) is 5.02 Å². The number of benzene rings is 1. The molecule has 0 radical (unpaired) electrons. The maximum absolute atomic E-state index is 13.2. The van der Waals surface area contributed by atoms with E-state index in [0.717, 1.165) is 24.8 Å². The van der Waals surface area contributed by atoms with E-state index in [9.17, 15) is 9.18 Å². The molecule has 1 saturated carbocycles. The van der Waals surface area contributed by atoms with E-state index in [1.165, 1.54) is 12.1 Å². The second kappa shape index (κ2) is 6.49. The molecular formula is C17H20ClFN2O2. The van der Waals surface area contributed by atoms with E-state index in [1.807, 2.05) is 12.2 Å². The second-order valence-electron chi connectivity index (χ2n) is 6.40. The minimum atomic E-state index is -0.355. The van der Waals surface area contributed by atoms with Gasteiger partial charge in [0.2, 0.25) is 0 Å². The van der Waals surface area contributed by atoms with E-state index < -0.39 is 0 Å². The van der Waals surface area contributed by atoms with Crippen molar-refractivity contribution in [3.63, 3.8) is 0 Å². The highest BCUT2D eigenvalue weighted by Crippen LogP contribution is 2.50. The fraction of sp³-hybridized carbons (Fsp3) is 0.471. The van der Waals surface area contributed by atoms with Crippen LogP contribution in [0, 0.1) is 11.7 Å². The number of halogens is 2. The van der Waals surface area contributed by atoms with Gasteiger partial charge >= 0.3 is 6.03 Å². The zero-order valence-corrected chi connectivity index (χ0v) is 13.4. The molecule has 3 rings (SSSR count). The predicted molar refractivity (Wildman–Crippen MR) is 87.0 cm³/mol. The predicted octanol–water partition coefficient (Wildman–Crippen LogP) is 2.75. The van der Waals surface area contributed by atoms with Gasteiger partial charge in [0, 0.05) is 35.5 Å². The molecule has 2 aliphatic carbocycles. The number of rotatable bonds is 5. The van der Waals surface area contributed by atoms with Crippen LogP contribution in [0.15, 0.2) is 30.4 Å². The van der Waals surface area contributed by atoms with E-state index in [0.29, 0.717) is 11.6 Å². The molecule has 2 atom stereocenters. The number of aliphatic hydroxyl groups excluding tert-OH is 1. The van der Waals surface area contributed by atoms with Crippen LogP contribution in [0.3, 0.4) is 0 Å². The summed E-state index contributed by atoms with van der Waals surface area (Å²) in [5, 5.41) is 15.3. The summed E-state index contributed by atoms with van der Waals surface area (Å²) in [5.41, 5.74) is 0.711. The highest BCUT2D eigenvalue weighted by atomic mass is 35.5. The number of carbonyl (C=O) groups is 1. The third kappa shape index (κ3) is 3.67. The average molecular weight is 339 g/mol. The van der Waals surface area contributed by atoms with Crippen molar-refractivity contribution in [2.75, 3.05) is 13.2 Å². The Hall–Kier alpha value is -1.59. The van der Waals surface area contributed by atoms with Gasteiger partial charge < -0.3 is 15.7 Å². The summed E-state index contributed by atoms with van der Waals surface area (Å²) in [6.45, 7) is 0.576. The monoisotopic (exact) mass is 338 g/mol. The Morgan fingerprint density at radius 1 is 1.39 bits per heavy atom. The lowest BCUT2D eigenvalue weighted by Crippen LogP contribution is -2.43. The molecule has 1 aromatic carbocycles.